The van der Waals surface area contributed by atoms with E-state index in [4.69, 9.17) is 19.9 Å². The van der Waals surface area contributed by atoms with E-state index >= 15 is 0 Å². The molecule has 5 nitrogen and oxygen atoms in total. The van der Waals surface area contributed by atoms with E-state index in [1.54, 1.807) is 11.3 Å². The summed E-state index contributed by atoms with van der Waals surface area (Å²) in [7, 11) is 0. The van der Waals surface area contributed by atoms with Gasteiger partial charge in [0.05, 0.1) is 21.3 Å². The summed E-state index contributed by atoms with van der Waals surface area (Å²) < 4.78 is 3.30. The fourth-order valence-electron chi connectivity index (χ4n) is 7.01. The Balaban J connectivity index is 1.25. The predicted molar refractivity (Wildman–Crippen MR) is 215 cm³/mol. The molecule has 0 aliphatic rings. The lowest BCUT2D eigenvalue weighted by Gasteiger charge is -2.12. The molecule has 0 saturated heterocycles. The van der Waals surface area contributed by atoms with Gasteiger partial charge >= 0.3 is 0 Å². The van der Waals surface area contributed by atoms with Gasteiger partial charge in [-0.15, -0.1) is 11.3 Å². The second-order valence-electron chi connectivity index (χ2n) is 12.7. The lowest BCUT2D eigenvalue weighted by molar-refractivity contribution is 0.955. The molecule has 52 heavy (non-hydrogen) atoms. The highest BCUT2D eigenvalue weighted by Crippen LogP contribution is 2.41. The van der Waals surface area contributed by atoms with Gasteiger partial charge in [-0.05, 0) is 52.6 Å². The topological polar surface area (TPSA) is 56.5 Å². The van der Waals surface area contributed by atoms with E-state index in [-0.39, 0.29) is 0 Å². The highest BCUT2D eigenvalue weighted by Gasteiger charge is 2.21. The Hall–Kier alpha value is -6.76. The van der Waals surface area contributed by atoms with Crippen molar-refractivity contribution in [2.45, 2.75) is 0 Å². The third kappa shape index (κ3) is 5.25. The Morgan fingerprint density at radius 3 is 1.52 bits per heavy atom. The van der Waals surface area contributed by atoms with Crippen LogP contribution >= 0.6 is 11.3 Å². The summed E-state index contributed by atoms with van der Waals surface area (Å²) in [5.74, 6) is 1.77. The maximum Gasteiger partial charge on any atom is 0.238 e. The van der Waals surface area contributed by atoms with Crippen LogP contribution in [-0.4, -0.2) is 24.5 Å². The Bertz CT molecular complexity index is 2800. The molecule has 10 rings (SSSR count). The molecule has 0 atom stereocenters. The van der Waals surface area contributed by atoms with E-state index in [2.05, 4.69) is 162 Å². The van der Waals surface area contributed by atoms with Crippen LogP contribution in [0.15, 0.2) is 176 Å². The van der Waals surface area contributed by atoms with E-state index in [1.165, 1.54) is 0 Å². The maximum atomic E-state index is 5.28. The van der Waals surface area contributed by atoms with E-state index in [0.29, 0.717) is 17.6 Å². The molecule has 3 aromatic heterocycles. The molecule has 0 aliphatic heterocycles. The number of hydrogen-bond donors (Lipinski definition) is 0. The van der Waals surface area contributed by atoms with Crippen LogP contribution in [-0.2, 0) is 0 Å². The number of thiazole rings is 1. The quantitative estimate of drug-likeness (QED) is 0.175. The molecule has 0 radical (unpaired) electrons. The average Bonchev–Trinajstić information content (AvgIpc) is 3.82. The molecule has 7 aromatic carbocycles. The van der Waals surface area contributed by atoms with Crippen molar-refractivity contribution < 1.29 is 0 Å². The number of fused-ring (bicyclic) bond motifs is 5. The molecule has 0 bridgehead atoms. The minimum Gasteiger partial charge on any atom is -0.276 e. The predicted octanol–water partition coefficient (Wildman–Crippen LogP) is 11.9. The Kier molecular flexibility index (Phi) is 7.25. The zero-order valence-electron chi connectivity index (χ0n) is 27.9. The normalized spacial score (nSPS) is 11.5. The second-order valence-corrected chi connectivity index (χ2v) is 13.7. The van der Waals surface area contributed by atoms with E-state index in [1.807, 2.05) is 18.2 Å². The molecule has 244 valence electrons. The van der Waals surface area contributed by atoms with Crippen molar-refractivity contribution in [2.24, 2.45) is 0 Å². The third-order valence-electron chi connectivity index (χ3n) is 9.49. The Morgan fingerprint density at radius 2 is 0.904 bits per heavy atom. The first-order valence-electron chi connectivity index (χ1n) is 17.2. The van der Waals surface area contributed by atoms with Crippen LogP contribution < -0.4 is 0 Å². The minimum atomic E-state index is 0.559. The molecule has 0 amide bonds. The van der Waals surface area contributed by atoms with Gasteiger partial charge < -0.3 is 0 Å². The molecule has 0 spiro atoms. The van der Waals surface area contributed by atoms with Gasteiger partial charge in [0.2, 0.25) is 5.95 Å². The van der Waals surface area contributed by atoms with Gasteiger partial charge in [0.15, 0.2) is 11.6 Å². The molecule has 0 fully saturated rings. The molecule has 0 aliphatic carbocycles. The molecule has 0 unspecified atom stereocenters. The average molecular weight is 684 g/mol. The zero-order valence-corrected chi connectivity index (χ0v) is 28.7. The van der Waals surface area contributed by atoms with Crippen LogP contribution in [0, 0.1) is 0 Å². The first kappa shape index (κ1) is 30.1. The number of benzene rings is 7. The fraction of sp³-hybridized carbons (Fsp3) is 0. The molecule has 6 heteroatoms. The van der Waals surface area contributed by atoms with Crippen LogP contribution in [0.2, 0.25) is 0 Å². The van der Waals surface area contributed by atoms with Crippen LogP contribution in [0.5, 0.6) is 0 Å². The highest BCUT2D eigenvalue weighted by atomic mass is 32.1. The monoisotopic (exact) mass is 683 g/mol. The van der Waals surface area contributed by atoms with Crippen molar-refractivity contribution in [1.29, 1.82) is 0 Å². The second kappa shape index (κ2) is 12.5. The number of aromatic nitrogens is 5. The van der Waals surface area contributed by atoms with Crippen LogP contribution in [0.25, 0.3) is 93.6 Å². The summed E-state index contributed by atoms with van der Waals surface area (Å²) in [6.07, 6.45) is 0. The van der Waals surface area contributed by atoms with Gasteiger partial charge in [0.1, 0.15) is 5.01 Å². The molecular weight excluding hydrogens is 655 g/mol. The molecule has 0 saturated carbocycles. The van der Waals surface area contributed by atoms with Crippen molar-refractivity contribution in [3.8, 4) is 61.5 Å². The first-order chi connectivity index (χ1) is 25.8. The fourth-order valence-corrected chi connectivity index (χ4v) is 8.11. The largest absolute Gasteiger partial charge is 0.276 e. The first-order valence-corrected chi connectivity index (χ1v) is 18.0. The third-order valence-corrected chi connectivity index (χ3v) is 10.6. The van der Waals surface area contributed by atoms with Gasteiger partial charge in [-0.3, -0.25) is 4.57 Å². The van der Waals surface area contributed by atoms with Crippen LogP contribution in [0.1, 0.15) is 0 Å². The van der Waals surface area contributed by atoms with Crippen molar-refractivity contribution in [3.05, 3.63) is 176 Å². The summed E-state index contributed by atoms with van der Waals surface area (Å²) in [5, 5.41) is 3.24. The van der Waals surface area contributed by atoms with Crippen molar-refractivity contribution in [1.82, 2.24) is 24.5 Å². The lowest BCUT2D eigenvalue weighted by Crippen LogP contribution is -2.06. The Labute approximate surface area is 304 Å². The summed E-state index contributed by atoms with van der Waals surface area (Å²) >= 11 is 1.70. The number of nitrogens with zero attached hydrogens (tertiary/aromatic N) is 5. The molecule has 3 heterocycles. The van der Waals surface area contributed by atoms with E-state index in [0.717, 1.165) is 76.0 Å². The summed E-state index contributed by atoms with van der Waals surface area (Å²) in [4.78, 5) is 20.8. The van der Waals surface area contributed by atoms with E-state index < -0.39 is 0 Å². The number of para-hydroxylation sites is 1. The molecule has 10 aromatic rings. The van der Waals surface area contributed by atoms with Gasteiger partial charge in [-0.1, -0.05) is 146 Å². The smallest absolute Gasteiger partial charge is 0.238 e. The number of hydrogen-bond acceptors (Lipinski definition) is 5. The summed E-state index contributed by atoms with van der Waals surface area (Å²) in [5.41, 5.74) is 10.4. The SMILES string of the molecule is c1ccc(-c2cccc(-c3nc(-c4cccc(-c5ccccc5)c4)nc(-n4c5ccccc5c5ccc6nc(-c7ccccc7)sc6c54)n3)c2)cc1. The van der Waals surface area contributed by atoms with Gasteiger partial charge in [-0.2, -0.15) is 9.97 Å². The van der Waals surface area contributed by atoms with Crippen LogP contribution in [0.3, 0.4) is 0 Å². The molecule has 0 N–H and O–H groups in total. The summed E-state index contributed by atoms with van der Waals surface area (Å²) in [6, 6.07) is 60.9. The van der Waals surface area contributed by atoms with Crippen LogP contribution in [0.4, 0.5) is 0 Å². The number of rotatable bonds is 6. The molecular formula is C46H29N5S. The van der Waals surface area contributed by atoms with Crippen molar-refractivity contribution >= 4 is 43.4 Å². The van der Waals surface area contributed by atoms with Gasteiger partial charge in [-0.25, -0.2) is 9.97 Å². The Morgan fingerprint density at radius 1 is 0.385 bits per heavy atom. The van der Waals surface area contributed by atoms with Gasteiger partial charge in [0.25, 0.3) is 0 Å². The highest BCUT2D eigenvalue weighted by molar-refractivity contribution is 7.22. The maximum absolute atomic E-state index is 5.28. The summed E-state index contributed by atoms with van der Waals surface area (Å²) in [6.45, 7) is 0. The van der Waals surface area contributed by atoms with Crippen molar-refractivity contribution in [2.75, 3.05) is 0 Å². The lowest BCUT2D eigenvalue weighted by atomic mass is 10.0. The van der Waals surface area contributed by atoms with Gasteiger partial charge in [0, 0.05) is 27.5 Å². The van der Waals surface area contributed by atoms with E-state index in [9.17, 15) is 0 Å². The minimum absolute atomic E-state index is 0.559. The zero-order chi connectivity index (χ0) is 34.4. The standard InChI is InChI=1S/C46H29N5S/c1-4-14-30(15-5-1)33-20-12-22-35(28-33)43-48-44(36-23-13-21-34(29-36)31-16-6-2-7-17-31)50-46(49-43)51-40-25-11-10-24-37(40)38-26-27-39-42(41(38)51)52-45(47-39)32-18-8-3-9-19-32/h1-29H. The van der Waals surface area contributed by atoms with Crippen molar-refractivity contribution in [3.63, 3.8) is 0 Å².